The predicted molar refractivity (Wildman–Crippen MR) is 154 cm³/mol. The zero-order valence-corrected chi connectivity index (χ0v) is 25.4. The number of benzene rings is 2. The number of hydrogen-bond acceptors (Lipinski definition) is 4. The largest absolute Gasteiger partial charge is 1.00 e. The average molecular weight is 522 g/mol. The van der Waals surface area contributed by atoms with Gasteiger partial charge < -0.3 is 14.2 Å². The Hall–Kier alpha value is -1.46. The van der Waals surface area contributed by atoms with E-state index in [2.05, 4.69) is 39.8 Å². The third-order valence-corrected chi connectivity index (χ3v) is 7.43. The number of carbonyl (C=O) groups is 1. The van der Waals surface area contributed by atoms with Crippen molar-refractivity contribution in [1.29, 1.82) is 0 Å². The molecule has 2 rings (SSSR count). The van der Waals surface area contributed by atoms with E-state index >= 15 is 0 Å². The normalized spacial score (nSPS) is 11.0. The summed E-state index contributed by atoms with van der Waals surface area (Å²) in [4.78, 5) is 13.6. The van der Waals surface area contributed by atoms with Crippen LogP contribution < -0.4 is 38.4 Å². The van der Waals surface area contributed by atoms with Crippen molar-refractivity contribution >= 4 is 19.4 Å². The molecule has 6 heteroatoms. The van der Waals surface area contributed by atoms with Gasteiger partial charge >= 0.3 is 18.9 Å². The monoisotopic (exact) mass is 521 g/mol. The van der Waals surface area contributed by atoms with Crippen molar-refractivity contribution < 1.29 is 37.9 Å². The van der Waals surface area contributed by atoms with E-state index in [9.17, 15) is 4.79 Å². The molecule has 0 saturated heterocycles. The molecule has 0 amide bonds. The molecule has 0 aliphatic rings. The maximum Gasteiger partial charge on any atom is 1.00 e. The quantitative estimate of drug-likeness (QED) is 0.148. The van der Waals surface area contributed by atoms with E-state index in [0.29, 0.717) is 19.8 Å². The molecule has 2 aromatic carbocycles. The van der Waals surface area contributed by atoms with E-state index < -0.39 is 0 Å². The van der Waals surface area contributed by atoms with Crippen LogP contribution in [0.3, 0.4) is 0 Å². The molecule has 0 fully saturated rings. The smallest absolute Gasteiger partial charge is 0.493 e. The molecule has 0 N–H and O–H groups in total. The summed E-state index contributed by atoms with van der Waals surface area (Å²) < 4.78 is 18.7. The SMILES string of the molecule is CCCCCOc1cc(OCCCCC)c(PC(=O)c2c(C)cc(C)cc2C)c(OCCCCC)c1.[Li+]. The van der Waals surface area contributed by atoms with E-state index in [4.69, 9.17) is 14.2 Å². The molecule has 1 unspecified atom stereocenters. The van der Waals surface area contributed by atoms with Gasteiger partial charge in [0.2, 0.25) is 0 Å². The van der Waals surface area contributed by atoms with E-state index in [-0.39, 0.29) is 33.0 Å². The van der Waals surface area contributed by atoms with Crippen LogP contribution in [0.4, 0.5) is 0 Å². The number of carbonyl (C=O) groups excluding carboxylic acids is 1. The van der Waals surface area contributed by atoms with Gasteiger partial charge in [-0.15, -0.1) is 0 Å². The summed E-state index contributed by atoms with van der Waals surface area (Å²) in [6.45, 7) is 14.6. The summed E-state index contributed by atoms with van der Waals surface area (Å²) in [7, 11) is -0.0785. The summed E-state index contributed by atoms with van der Waals surface area (Å²) in [6, 6.07) is 8.09. The molecular formula is C31H47LiO4P+. The third kappa shape index (κ3) is 11.4. The van der Waals surface area contributed by atoms with Crippen LogP contribution in [0.1, 0.15) is 106 Å². The summed E-state index contributed by atoms with van der Waals surface area (Å²) in [5.74, 6) is 2.20. The van der Waals surface area contributed by atoms with Crippen molar-refractivity contribution in [3.8, 4) is 17.2 Å². The first-order valence-electron chi connectivity index (χ1n) is 13.9. The molecule has 4 nitrogen and oxygen atoms in total. The molecule has 0 aromatic heterocycles. The molecule has 0 bridgehead atoms. The fraction of sp³-hybridized carbons (Fsp3) is 0.581. The van der Waals surface area contributed by atoms with Gasteiger partial charge in [0.1, 0.15) is 17.2 Å². The van der Waals surface area contributed by atoms with E-state index in [1.807, 2.05) is 26.0 Å². The van der Waals surface area contributed by atoms with E-state index in [1.165, 1.54) is 5.56 Å². The van der Waals surface area contributed by atoms with E-state index in [0.717, 1.165) is 97.0 Å². The van der Waals surface area contributed by atoms with E-state index in [1.54, 1.807) is 0 Å². The second kappa shape index (κ2) is 18.7. The Morgan fingerprint density at radius 3 is 1.54 bits per heavy atom. The van der Waals surface area contributed by atoms with Crippen molar-refractivity contribution in [3.63, 3.8) is 0 Å². The van der Waals surface area contributed by atoms with Gasteiger partial charge in [0.05, 0.1) is 25.1 Å². The summed E-state index contributed by atoms with van der Waals surface area (Å²) >= 11 is 0. The van der Waals surface area contributed by atoms with Crippen molar-refractivity contribution in [1.82, 2.24) is 0 Å². The number of rotatable bonds is 18. The van der Waals surface area contributed by atoms with Crippen molar-refractivity contribution in [3.05, 3.63) is 46.5 Å². The Morgan fingerprint density at radius 1 is 0.676 bits per heavy atom. The van der Waals surface area contributed by atoms with Gasteiger partial charge in [-0.1, -0.05) is 77.0 Å². The van der Waals surface area contributed by atoms with Crippen LogP contribution in [0.15, 0.2) is 24.3 Å². The Bertz CT molecular complexity index is 904. The van der Waals surface area contributed by atoms with Crippen LogP contribution in [0.5, 0.6) is 17.2 Å². The second-order valence-corrected chi connectivity index (χ2v) is 10.9. The summed E-state index contributed by atoms with van der Waals surface area (Å²) in [5, 5.41) is 0.855. The van der Waals surface area contributed by atoms with Crippen molar-refractivity contribution in [2.45, 2.75) is 99.3 Å². The molecule has 37 heavy (non-hydrogen) atoms. The van der Waals surface area contributed by atoms with Crippen LogP contribution in [0.25, 0.3) is 0 Å². The zero-order valence-electron chi connectivity index (χ0n) is 24.4. The summed E-state index contributed by atoms with van der Waals surface area (Å²) in [6.07, 6.45) is 9.78. The number of aryl methyl sites for hydroxylation is 3. The molecule has 0 radical (unpaired) electrons. The van der Waals surface area contributed by atoms with Crippen LogP contribution in [-0.4, -0.2) is 25.3 Å². The van der Waals surface area contributed by atoms with Gasteiger partial charge in [-0.3, -0.25) is 4.79 Å². The standard InChI is InChI=1S/C31H47O4P.Li/c1-7-10-13-16-33-26-21-27(34-17-14-11-8-2)30(28(22-26)35-18-15-12-9-3)36-31(32)29-24(5)19-23(4)20-25(29)6;/h19-22,36H,7-18H2,1-6H3;/q;+1. The van der Waals surface area contributed by atoms with Crippen LogP contribution in [0.2, 0.25) is 0 Å². The van der Waals surface area contributed by atoms with Gasteiger partial charge in [-0.25, -0.2) is 0 Å². The minimum Gasteiger partial charge on any atom is -0.493 e. The first-order chi connectivity index (χ1) is 17.4. The van der Waals surface area contributed by atoms with Crippen molar-refractivity contribution in [2.75, 3.05) is 19.8 Å². The van der Waals surface area contributed by atoms with Crippen LogP contribution in [-0.2, 0) is 0 Å². The fourth-order valence-electron chi connectivity index (χ4n) is 4.32. The topological polar surface area (TPSA) is 44.8 Å². The minimum atomic E-state index is -0.0785. The van der Waals surface area contributed by atoms with Gasteiger partial charge in [-0.05, 0) is 59.7 Å². The van der Waals surface area contributed by atoms with Gasteiger partial charge in [-0.2, -0.15) is 0 Å². The summed E-state index contributed by atoms with van der Waals surface area (Å²) in [5.41, 5.74) is 4.16. The molecule has 1 atom stereocenters. The first-order valence-corrected chi connectivity index (χ1v) is 14.9. The molecule has 200 valence electrons. The molecule has 0 spiro atoms. The maximum absolute atomic E-state index is 13.6. The molecule has 0 saturated carbocycles. The Kier molecular flexibility index (Phi) is 17.0. The van der Waals surface area contributed by atoms with Gasteiger partial charge in [0.15, 0.2) is 5.52 Å². The number of hydrogen-bond donors (Lipinski definition) is 0. The molecule has 0 heterocycles. The molecular weight excluding hydrogens is 474 g/mol. The van der Waals surface area contributed by atoms with Crippen LogP contribution in [0, 0.1) is 20.8 Å². The predicted octanol–water partition coefficient (Wildman–Crippen LogP) is 5.47. The average Bonchev–Trinajstić information content (AvgIpc) is 2.83. The van der Waals surface area contributed by atoms with Crippen molar-refractivity contribution in [2.24, 2.45) is 0 Å². The Morgan fingerprint density at radius 2 is 1.11 bits per heavy atom. The molecule has 2 aromatic rings. The van der Waals surface area contributed by atoms with Crippen LogP contribution >= 0.6 is 8.58 Å². The van der Waals surface area contributed by atoms with Gasteiger partial charge in [0, 0.05) is 17.7 Å². The minimum absolute atomic E-state index is 0. The second-order valence-electron chi connectivity index (χ2n) is 9.69. The third-order valence-electron chi connectivity index (χ3n) is 6.21. The Balaban J connectivity index is 0.00000684. The molecule has 0 aliphatic heterocycles. The zero-order chi connectivity index (χ0) is 26.3. The maximum atomic E-state index is 13.6. The molecule has 0 aliphatic carbocycles. The number of ether oxygens (including phenoxy) is 3. The Labute approximate surface area is 239 Å². The fourth-order valence-corrected chi connectivity index (χ4v) is 5.61. The first kappa shape index (κ1) is 33.6. The van der Waals surface area contributed by atoms with Gasteiger partial charge in [0.25, 0.3) is 0 Å². The number of unbranched alkanes of at least 4 members (excludes halogenated alkanes) is 6.